The van der Waals surface area contributed by atoms with Crippen LogP contribution in [0.4, 0.5) is 9.18 Å². The van der Waals surface area contributed by atoms with Gasteiger partial charge in [-0.25, -0.2) is 14.2 Å². The molecule has 1 heterocycles. The predicted octanol–water partition coefficient (Wildman–Crippen LogP) is 3.52. The highest BCUT2D eigenvalue weighted by molar-refractivity contribution is 9.10. The molecule has 1 rings (SSSR count). The molecule has 0 spiro atoms. The maximum atomic E-state index is 13.3. The molecule has 0 aliphatic rings. The summed E-state index contributed by atoms with van der Waals surface area (Å²) in [5.74, 6) is -0.420. The molecule has 1 aromatic rings. The van der Waals surface area contributed by atoms with Crippen molar-refractivity contribution in [2.24, 2.45) is 0 Å². The minimum Gasteiger partial charge on any atom is -0.444 e. The van der Waals surface area contributed by atoms with Crippen molar-refractivity contribution in [3.8, 4) is 0 Å². The summed E-state index contributed by atoms with van der Waals surface area (Å²) in [6.07, 6.45) is 3.83. The number of nitrogens with zero attached hydrogens (tertiary/aromatic N) is 1. The summed E-state index contributed by atoms with van der Waals surface area (Å²) in [5, 5.41) is 2.55. The molecule has 1 amide bonds. The van der Waals surface area contributed by atoms with E-state index in [-0.39, 0.29) is 6.54 Å². The second-order valence-electron chi connectivity index (χ2n) is 4.81. The second kappa shape index (κ2) is 6.65. The minimum absolute atomic E-state index is 0.258. The number of halogens is 2. The van der Waals surface area contributed by atoms with Crippen molar-refractivity contribution in [1.82, 2.24) is 10.3 Å². The molecule has 0 unspecified atom stereocenters. The number of hydrogen-bond donors (Lipinski definition) is 1. The van der Waals surface area contributed by atoms with Gasteiger partial charge in [0, 0.05) is 12.1 Å². The van der Waals surface area contributed by atoms with Gasteiger partial charge >= 0.3 is 6.09 Å². The largest absolute Gasteiger partial charge is 0.444 e. The fourth-order valence-electron chi connectivity index (χ4n) is 1.20. The topological polar surface area (TPSA) is 51.2 Å². The Labute approximate surface area is 120 Å². The summed E-state index contributed by atoms with van der Waals surface area (Å²) in [7, 11) is 0. The number of alkyl carbamates (subject to hydrolysis) is 1. The van der Waals surface area contributed by atoms with Gasteiger partial charge in [0.15, 0.2) is 0 Å². The first kappa shape index (κ1) is 15.6. The summed E-state index contributed by atoms with van der Waals surface area (Å²) in [6, 6.07) is 1.55. The normalized spacial score (nSPS) is 11.6. The van der Waals surface area contributed by atoms with E-state index < -0.39 is 17.5 Å². The Morgan fingerprint density at radius 2 is 2.26 bits per heavy atom. The monoisotopic (exact) mass is 330 g/mol. The molecule has 0 bridgehead atoms. The molecule has 4 nitrogen and oxygen atoms in total. The standard InChI is InChI=1S/C13H16BrFN2O2/c1-13(2,3)19-12(18)16-6-4-5-9-7-11(14)17-8-10(9)15/h4-5,7-8H,6H2,1-3H3,(H,16,18). The molecular formula is C13H16BrFN2O2. The minimum atomic E-state index is -0.532. The Bertz CT molecular complexity index is 484. The number of aromatic nitrogens is 1. The molecule has 0 atom stereocenters. The van der Waals surface area contributed by atoms with Crippen LogP contribution < -0.4 is 5.32 Å². The summed E-state index contributed by atoms with van der Waals surface area (Å²) in [4.78, 5) is 15.1. The lowest BCUT2D eigenvalue weighted by atomic mass is 10.2. The smallest absolute Gasteiger partial charge is 0.407 e. The van der Waals surface area contributed by atoms with E-state index in [9.17, 15) is 9.18 Å². The quantitative estimate of drug-likeness (QED) is 0.862. The summed E-state index contributed by atoms with van der Waals surface area (Å²) in [6.45, 7) is 5.61. The van der Waals surface area contributed by atoms with Crippen LogP contribution in [-0.4, -0.2) is 23.2 Å². The molecular weight excluding hydrogens is 315 g/mol. The predicted molar refractivity (Wildman–Crippen MR) is 75.2 cm³/mol. The lowest BCUT2D eigenvalue weighted by molar-refractivity contribution is 0.0534. The van der Waals surface area contributed by atoms with E-state index in [1.165, 1.54) is 0 Å². The number of pyridine rings is 1. The zero-order chi connectivity index (χ0) is 14.5. The van der Waals surface area contributed by atoms with Crippen LogP contribution in [0.15, 0.2) is 22.9 Å². The fraction of sp³-hybridized carbons (Fsp3) is 0.385. The molecule has 104 valence electrons. The molecule has 1 aromatic heterocycles. The molecule has 0 aliphatic heterocycles. The van der Waals surface area contributed by atoms with Gasteiger partial charge in [-0.3, -0.25) is 0 Å². The highest BCUT2D eigenvalue weighted by atomic mass is 79.9. The molecule has 19 heavy (non-hydrogen) atoms. The van der Waals surface area contributed by atoms with Gasteiger partial charge in [0.1, 0.15) is 16.0 Å². The third-order valence-corrected chi connectivity index (χ3v) is 2.35. The average Bonchev–Trinajstić information content (AvgIpc) is 2.26. The molecule has 0 radical (unpaired) electrons. The third-order valence-electron chi connectivity index (χ3n) is 1.91. The van der Waals surface area contributed by atoms with Gasteiger partial charge < -0.3 is 10.1 Å². The van der Waals surface area contributed by atoms with Gasteiger partial charge in [0.2, 0.25) is 0 Å². The van der Waals surface area contributed by atoms with Crippen LogP contribution in [0.5, 0.6) is 0 Å². The van der Waals surface area contributed by atoms with Gasteiger partial charge in [0.05, 0.1) is 6.20 Å². The van der Waals surface area contributed by atoms with Crippen LogP contribution >= 0.6 is 15.9 Å². The van der Waals surface area contributed by atoms with Crippen molar-refractivity contribution in [3.05, 3.63) is 34.3 Å². The number of ether oxygens (including phenoxy) is 1. The lowest BCUT2D eigenvalue weighted by Crippen LogP contribution is -2.32. The Hall–Kier alpha value is -1.43. The van der Waals surface area contributed by atoms with Gasteiger partial charge in [-0.05, 0) is 42.8 Å². The Balaban J connectivity index is 2.47. The Kier molecular flexibility index (Phi) is 5.47. The maximum absolute atomic E-state index is 13.3. The van der Waals surface area contributed by atoms with Crippen molar-refractivity contribution < 1.29 is 13.9 Å². The number of amides is 1. The zero-order valence-corrected chi connectivity index (χ0v) is 12.6. The molecule has 0 aromatic carbocycles. The van der Waals surface area contributed by atoms with Crippen molar-refractivity contribution in [2.75, 3.05) is 6.54 Å². The van der Waals surface area contributed by atoms with Crippen molar-refractivity contribution in [2.45, 2.75) is 26.4 Å². The maximum Gasteiger partial charge on any atom is 0.407 e. The lowest BCUT2D eigenvalue weighted by Gasteiger charge is -2.19. The van der Waals surface area contributed by atoms with Crippen LogP contribution in [0.1, 0.15) is 26.3 Å². The van der Waals surface area contributed by atoms with Crippen molar-refractivity contribution in [1.29, 1.82) is 0 Å². The van der Waals surface area contributed by atoms with Crippen molar-refractivity contribution in [3.63, 3.8) is 0 Å². The molecule has 0 aliphatic carbocycles. The van der Waals surface area contributed by atoms with E-state index in [0.717, 1.165) is 6.20 Å². The number of carbonyl (C=O) groups excluding carboxylic acids is 1. The summed E-state index contributed by atoms with van der Waals surface area (Å²) in [5.41, 5.74) is -0.136. The third kappa shape index (κ3) is 6.33. The number of nitrogens with one attached hydrogen (secondary N) is 1. The molecule has 6 heteroatoms. The van der Waals surface area contributed by atoms with Crippen LogP contribution in [0.2, 0.25) is 0 Å². The van der Waals surface area contributed by atoms with E-state index in [4.69, 9.17) is 4.74 Å². The van der Waals surface area contributed by atoms with Crippen LogP contribution in [0, 0.1) is 5.82 Å². The first-order valence-electron chi connectivity index (χ1n) is 5.72. The SMILES string of the molecule is CC(C)(C)OC(=O)NCC=Cc1cc(Br)ncc1F. The molecule has 0 saturated heterocycles. The first-order chi connectivity index (χ1) is 8.78. The second-order valence-corrected chi connectivity index (χ2v) is 5.63. The number of rotatable bonds is 3. The van der Waals surface area contributed by atoms with Gasteiger partial charge in [0.25, 0.3) is 0 Å². The summed E-state index contributed by atoms with van der Waals surface area (Å²) >= 11 is 3.16. The van der Waals surface area contributed by atoms with E-state index in [1.54, 1.807) is 39.0 Å². The zero-order valence-electron chi connectivity index (χ0n) is 11.0. The van der Waals surface area contributed by atoms with E-state index >= 15 is 0 Å². The Morgan fingerprint density at radius 1 is 1.58 bits per heavy atom. The van der Waals surface area contributed by atoms with E-state index in [2.05, 4.69) is 26.2 Å². The summed E-state index contributed by atoms with van der Waals surface area (Å²) < 4.78 is 18.9. The average molecular weight is 331 g/mol. The van der Waals surface area contributed by atoms with Crippen LogP contribution in [-0.2, 0) is 4.74 Å². The number of carbonyl (C=O) groups is 1. The van der Waals surface area contributed by atoms with Gasteiger partial charge in [-0.15, -0.1) is 0 Å². The van der Waals surface area contributed by atoms with Gasteiger partial charge in [-0.2, -0.15) is 0 Å². The molecule has 0 saturated carbocycles. The van der Waals surface area contributed by atoms with Gasteiger partial charge in [-0.1, -0.05) is 12.2 Å². The van der Waals surface area contributed by atoms with Crippen molar-refractivity contribution >= 4 is 28.1 Å². The molecule has 1 N–H and O–H groups in total. The van der Waals surface area contributed by atoms with Crippen LogP contribution in [0.25, 0.3) is 6.08 Å². The Morgan fingerprint density at radius 3 is 2.89 bits per heavy atom. The highest BCUT2D eigenvalue weighted by Crippen LogP contribution is 2.13. The number of hydrogen-bond acceptors (Lipinski definition) is 3. The molecule has 0 fully saturated rings. The van der Waals surface area contributed by atoms with Crippen LogP contribution in [0.3, 0.4) is 0 Å². The highest BCUT2D eigenvalue weighted by Gasteiger charge is 2.14. The van der Waals surface area contributed by atoms with E-state index in [0.29, 0.717) is 10.2 Å². The fourth-order valence-corrected chi connectivity index (χ4v) is 1.55. The first-order valence-corrected chi connectivity index (χ1v) is 6.51. The van der Waals surface area contributed by atoms with E-state index in [1.807, 2.05) is 0 Å².